The first-order valence-electron chi connectivity index (χ1n) is 8.56. The highest BCUT2D eigenvalue weighted by atomic mass is 16.3. The van der Waals surface area contributed by atoms with Crippen molar-refractivity contribution in [1.82, 2.24) is 4.57 Å². The summed E-state index contributed by atoms with van der Waals surface area (Å²) >= 11 is 0. The highest BCUT2D eigenvalue weighted by molar-refractivity contribution is 5.90. The minimum absolute atomic E-state index is 0.771. The van der Waals surface area contributed by atoms with Gasteiger partial charge in [0.1, 0.15) is 11.6 Å². The quantitative estimate of drug-likeness (QED) is 0.327. The Kier molecular flexibility index (Phi) is 4.09. The van der Waals surface area contributed by atoms with Crippen molar-refractivity contribution in [1.29, 1.82) is 0 Å². The lowest BCUT2D eigenvalue weighted by Gasteiger charge is -2.09. The number of furan rings is 2. The molecule has 4 heteroatoms. The van der Waals surface area contributed by atoms with Gasteiger partial charge in [-0.2, -0.15) is 0 Å². The number of benzene rings is 1. The second kappa shape index (κ2) is 6.56. The average molecular weight is 344 g/mol. The molecule has 0 unspecified atom stereocenters. The van der Waals surface area contributed by atoms with E-state index in [0.717, 1.165) is 45.4 Å². The van der Waals surface area contributed by atoms with Crippen LogP contribution in [0.4, 0.5) is 5.69 Å². The number of aryl methyl sites for hydroxylation is 2. The predicted molar refractivity (Wildman–Crippen MR) is 104 cm³/mol. The first kappa shape index (κ1) is 16.2. The number of aliphatic imine (C=N–C) groups is 1. The molecule has 0 aliphatic carbocycles. The normalized spacial score (nSPS) is 11.9. The Hall–Kier alpha value is -3.27. The zero-order chi connectivity index (χ0) is 18.1. The van der Waals surface area contributed by atoms with E-state index < -0.39 is 0 Å². The van der Waals surface area contributed by atoms with Crippen molar-refractivity contribution in [2.75, 3.05) is 0 Å². The van der Waals surface area contributed by atoms with E-state index in [2.05, 4.69) is 13.0 Å². The smallest absolute Gasteiger partial charge is 0.161 e. The summed E-state index contributed by atoms with van der Waals surface area (Å²) in [6.07, 6.45) is 5.39. The van der Waals surface area contributed by atoms with Crippen LogP contribution in [0.25, 0.3) is 22.8 Å². The summed E-state index contributed by atoms with van der Waals surface area (Å²) in [4.78, 5) is 4.80. The monoisotopic (exact) mass is 344 g/mol. The summed E-state index contributed by atoms with van der Waals surface area (Å²) in [5.41, 5.74) is 5.07. The van der Waals surface area contributed by atoms with Gasteiger partial charge in [0.05, 0.1) is 29.5 Å². The van der Waals surface area contributed by atoms with Gasteiger partial charge in [-0.3, -0.25) is 0 Å². The third-order valence-electron chi connectivity index (χ3n) is 4.50. The number of hydrogen-bond donors (Lipinski definition) is 0. The van der Waals surface area contributed by atoms with Gasteiger partial charge in [0, 0.05) is 6.20 Å². The van der Waals surface area contributed by atoms with E-state index >= 15 is 0 Å². The minimum Gasteiger partial charge on any atom is -0.464 e. The van der Waals surface area contributed by atoms with Crippen molar-refractivity contribution in [3.8, 4) is 22.8 Å². The van der Waals surface area contributed by atoms with Gasteiger partial charge in [0.2, 0.25) is 0 Å². The van der Waals surface area contributed by atoms with Crippen LogP contribution in [-0.4, -0.2) is 10.4 Å². The maximum absolute atomic E-state index is 5.82. The Morgan fingerprint density at radius 3 is 2.38 bits per heavy atom. The standard InChI is InChI=1S/C22H20N2O2/c1-15-7-4-5-8-19(15)23-17(3)24-12-6-9-20(24)22-18(11-14-26-22)21-16(2)10-13-25-21/h4-14H,1-3H3. The van der Waals surface area contributed by atoms with Gasteiger partial charge in [0.15, 0.2) is 5.76 Å². The third-order valence-corrected chi connectivity index (χ3v) is 4.50. The van der Waals surface area contributed by atoms with Crippen LogP contribution in [0.1, 0.15) is 18.1 Å². The highest BCUT2D eigenvalue weighted by Gasteiger charge is 2.18. The van der Waals surface area contributed by atoms with E-state index in [-0.39, 0.29) is 0 Å². The molecule has 4 aromatic rings. The topological polar surface area (TPSA) is 43.6 Å². The maximum Gasteiger partial charge on any atom is 0.161 e. The largest absolute Gasteiger partial charge is 0.464 e. The van der Waals surface area contributed by atoms with Crippen molar-refractivity contribution >= 4 is 11.5 Å². The van der Waals surface area contributed by atoms with E-state index in [0.29, 0.717) is 0 Å². The molecule has 130 valence electrons. The maximum atomic E-state index is 5.82. The van der Waals surface area contributed by atoms with E-state index in [4.69, 9.17) is 13.8 Å². The molecule has 0 saturated heterocycles. The van der Waals surface area contributed by atoms with E-state index in [1.165, 1.54) is 0 Å². The van der Waals surface area contributed by atoms with Crippen molar-refractivity contribution in [3.05, 3.63) is 78.4 Å². The molecule has 26 heavy (non-hydrogen) atoms. The van der Waals surface area contributed by atoms with Crippen molar-refractivity contribution in [2.45, 2.75) is 20.8 Å². The fourth-order valence-corrected chi connectivity index (χ4v) is 3.10. The van der Waals surface area contributed by atoms with Crippen molar-refractivity contribution in [3.63, 3.8) is 0 Å². The summed E-state index contributed by atoms with van der Waals surface area (Å²) in [6.45, 7) is 6.09. The van der Waals surface area contributed by atoms with Crippen LogP contribution in [0.3, 0.4) is 0 Å². The van der Waals surface area contributed by atoms with E-state index in [1.807, 2.05) is 67.1 Å². The van der Waals surface area contributed by atoms with E-state index in [9.17, 15) is 0 Å². The van der Waals surface area contributed by atoms with Crippen LogP contribution in [0.15, 0.2) is 81.1 Å². The molecule has 0 atom stereocenters. The van der Waals surface area contributed by atoms with Gasteiger partial charge in [0.25, 0.3) is 0 Å². The second-order valence-corrected chi connectivity index (χ2v) is 6.31. The Labute approximate surface area is 152 Å². The van der Waals surface area contributed by atoms with Crippen LogP contribution >= 0.6 is 0 Å². The molecule has 1 aromatic carbocycles. The Morgan fingerprint density at radius 1 is 0.846 bits per heavy atom. The first-order valence-corrected chi connectivity index (χ1v) is 8.56. The number of aromatic nitrogens is 1. The van der Waals surface area contributed by atoms with E-state index in [1.54, 1.807) is 12.5 Å². The second-order valence-electron chi connectivity index (χ2n) is 6.31. The lowest BCUT2D eigenvalue weighted by atomic mass is 10.1. The highest BCUT2D eigenvalue weighted by Crippen LogP contribution is 2.35. The summed E-state index contributed by atoms with van der Waals surface area (Å²) < 4.78 is 13.5. The fraction of sp³-hybridized carbons (Fsp3) is 0.136. The summed E-state index contributed by atoms with van der Waals surface area (Å²) in [5, 5.41) is 0. The predicted octanol–water partition coefficient (Wildman–Crippen LogP) is 6.22. The molecular weight excluding hydrogens is 324 g/mol. The first-order chi connectivity index (χ1) is 12.6. The molecule has 3 aromatic heterocycles. The Morgan fingerprint density at radius 2 is 1.62 bits per heavy atom. The molecule has 4 nitrogen and oxygen atoms in total. The number of rotatable bonds is 3. The molecular formula is C22H20N2O2. The lowest BCUT2D eigenvalue weighted by Crippen LogP contribution is -2.07. The number of hydrogen-bond acceptors (Lipinski definition) is 3. The van der Waals surface area contributed by atoms with Crippen LogP contribution < -0.4 is 0 Å². The molecule has 0 bridgehead atoms. The van der Waals surface area contributed by atoms with Gasteiger partial charge >= 0.3 is 0 Å². The molecule has 4 rings (SSSR count). The minimum atomic E-state index is 0.771. The Balaban J connectivity index is 1.79. The number of nitrogens with zero attached hydrogens (tertiary/aromatic N) is 2. The van der Waals surface area contributed by atoms with Crippen LogP contribution in [0.5, 0.6) is 0 Å². The number of para-hydroxylation sites is 1. The molecule has 0 amide bonds. The van der Waals surface area contributed by atoms with Gasteiger partial charge in [-0.15, -0.1) is 0 Å². The third kappa shape index (κ3) is 2.80. The van der Waals surface area contributed by atoms with Crippen LogP contribution in [0.2, 0.25) is 0 Å². The van der Waals surface area contributed by atoms with Crippen LogP contribution in [-0.2, 0) is 0 Å². The zero-order valence-corrected chi connectivity index (χ0v) is 15.1. The molecule has 3 heterocycles. The molecule has 0 radical (unpaired) electrons. The fourth-order valence-electron chi connectivity index (χ4n) is 3.10. The summed E-state index contributed by atoms with van der Waals surface area (Å²) in [7, 11) is 0. The van der Waals surface area contributed by atoms with Crippen molar-refractivity contribution in [2.24, 2.45) is 4.99 Å². The summed E-state index contributed by atoms with van der Waals surface area (Å²) in [6, 6.07) is 16.0. The molecule has 0 fully saturated rings. The lowest BCUT2D eigenvalue weighted by molar-refractivity contribution is 0.568. The summed E-state index contributed by atoms with van der Waals surface area (Å²) in [5.74, 6) is 2.47. The van der Waals surface area contributed by atoms with Gasteiger partial charge < -0.3 is 13.4 Å². The molecule has 0 aliphatic heterocycles. The molecule has 0 spiro atoms. The molecule has 0 N–H and O–H groups in total. The molecule has 0 aliphatic rings. The zero-order valence-electron chi connectivity index (χ0n) is 15.1. The average Bonchev–Trinajstić information content (AvgIpc) is 3.35. The van der Waals surface area contributed by atoms with Crippen molar-refractivity contribution < 1.29 is 8.83 Å². The van der Waals surface area contributed by atoms with Gasteiger partial charge in [-0.1, -0.05) is 18.2 Å². The molecule has 0 saturated carbocycles. The van der Waals surface area contributed by atoms with Gasteiger partial charge in [-0.05, 0) is 62.2 Å². The SMILES string of the molecule is CC(=Nc1ccccc1C)n1cccc1-c1occc1-c1occc1C. The van der Waals surface area contributed by atoms with Gasteiger partial charge in [-0.25, -0.2) is 4.99 Å². The van der Waals surface area contributed by atoms with Crippen LogP contribution in [0, 0.1) is 13.8 Å². The Bertz CT molecular complexity index is 1080.